The second-order valence-electron chi connectivity index (χ2n) is 16.5. The molecule has 3 nitrogen and oxygen atoms in total. The molecule has 0 fully saturated rings. The number of hydrogen-bond donors (Lipinski definition) is 0. The maximum absolute atomic E-state index is 8.46. The SMILES string of the molecule is [2H]C([2H])([2H])c1c[c-]c(-c2ccc(C([2H])([2H])C(C)(C)C)cn2)cc1.[2H]C([2H])([2H])c1cnc(-c2[c-]ccc3c2oc2cc4c(ccc5ccccc54)cc23)cc1-c1ccc(C(C)(CC)CC)cc1C([2H])([2H])[2H].[Ir]. The van der Waals surface area contributed by atoms with Gasteiger partial charge in [-0.05, 0) is 122 Å². The van der Waals surface area contributed by atoms with Gasteiger partial charge in [-0.3, -0.25) is 0 Å². The standard InChI is InChI=1S/C39H34NO.C17H20N.Ir/c1-6-39(5,7-2)28-17-18-29(24(3)19-28)33-21-36(40-23-25(33)4)32-14-10-13-31-35-20-27-16-15-26-11-8-9-12-30(26)34(27)22-37(35)41-38(31)32;1-13-5-8-15(9-6-13)16-10-7-14(12-18-16)11-17(2,3)4;/h8-13,15-23H,6-7H2,1-5H3;5-8,10,12H,11H2,1-4H3;/q2*-1;/i3D3,4D3;1D3,11D2;. The summed E-state index contributed by atoms with van der Waals surface area (Å²) in [5.74, 6) is 0. The number of fused-ring (bicyclic) bond motifs is 6. The third-order valence-electron chi connectivity index (χ3n) is 11.4. The van der Waals surface area contributed by atoms with Gasteiger partial charge in [0.2, 0.25) is 0 Å². The Bertz CT molecular complexity index is 3380. The Hall–Kier alpha value is -5.41. The Kier molecular flexibility index (Phi) is 8.81. The van der Waals surface area contributed by atoms with Crippen LogP contribution in [-0.4, -0.2) is 9.97 Å². The third-order valence-corrected chi connectivity index (χ3v) is 11.4. The number of hydrogen-bond acceptors (Lipinski definition) is 3. The van der Waals surface area contributed by atoms with E-state index in [1.807, 2.05) is 51.1 Å². The normalized spacial score (nSPS) is 15.4. The van der Waals surface area contributed by atoms with Crippen molar-refractivity contribution < 1.29 is 39.6 Å². The average Bonchev–Trinajstić information content (AvgIpc) is 3.69. The minimum absolute atomic E-state index is 0. The molecule has 0 aliphatic rings. The Morgan fingerprint density at radius 2 is 1.47 bits per heavy atom. The molecule has 3 aromatic heterocycles. The number of pyridine rings is 2. The minimum Gasteiger partial charge on any atom is -0.501 e. The van der Waals surface area contributed by atoms with Crippen LogP contribution in [0.1, 0.15) is 97.3 Å². The zero-order valence-electron chi connectivity index (χ0n) is 45.7. The van der Waals surface area contributed by atoms with Crippen molar-refractivity contribution in [3.8, 4) is 33.6 Å². The van der Waals surface area contributed by atoms with Crippen LogP contribution in [0.2, 0.25) is 0 Å². The Morgan fingerprint density at radius 3 is 2.18 bits per heavy atom. The molecule has 0 bridgehead atoms. The van der Waals surface area contributed by atoms with Crippen LogP contribution in [0, 0.1) is 38.1 Å². The maximum atomic E-state index is 8.46. The van der Waals surface area contributed by atoms with Crippen LogP contribution in [0.3, 0.4) is 0 Å². The van der Waals surface area contributed by atoms with Gasteiger partial charge < -0.3 is 14.4 Å². The number of rotatable bonds is 7. The molecule has 0 aliphatic heterocycles. The van der Waals surface area contributed by atoms with Crippen molar-refractivity contribution >= 4 is 43.5 Å². The van der Waals surface area contributed by atoms with Crippen LogP contribution in [0.4, 0.5) is 0 Å². The molecule has 0 amide bonds. The van der Waals surface area contributed by atoms with Gasteiger partial charge in [0.1, 0.15) is 5.58 Å². The molecule has 0 aliphatic carbocycles. The number of benzene rings is 6. The molecule has 6 aromatic carbocycles. The average molecular weight is 974 g/mol. The van der Waals surface area contributed by atoms with E-state index >= 15 is 0 Å². The molecule has 3 heterocycles. The summed E-state index contributed by atoms with van der Waals surface area (Å²) in [6.45, 7) is 4.72. The van der Waals surface area contributed by atoms with Crippen molar-refractivity contribution in [2.75, 3.05) is 0 Å². The molecular formula is C56H54IrN2O-2. The Labute approximate surface area is 385 Å². The summed E-state index contributed by atoms with van der Waals surface area (Å²) < 4.78 is 95.4. The molecule has 60 heavy (non-hydrogen) atoms. The molecule has 0 saturated carbocycles. The van der Waals surface area contributed by atoms with Crippen molar-refractivity contribution in [2.24, 2.45) is 5.41 Å². The quantitative estimate of drug-likeness (QED) is 0.118. The van der Waals surface area contributed by atoms with Crippen molar-refractivity contribution in [1.82, 2.24) is 9.97 Å². The zero-order chi connectivity index (χ0) is 50.8. The van der Waals surface area contributed by atoms with E-state index in [2.05, 4.69) is 79.3 Å². The molecule has 0 saturated heterocycles. The van der Waals surface area contributed by atoms with Crippen LogP contribution < -0.4 is 0 Å². The summed E-state index contributed by atoms with van der Waals surface area (Å²) in [6, 6.07) is 41.9. The first-order valence-corrected chi connectivity index (χ1v) is 20.1. The molecule has 305 valence electrons. The van der Waals surface area contributed by atoms with Gasteiger partial charge in [-0.1, -0.05) is 132 Å². The van der Waals surface area contributed by atoms with Gasteiger partial charge in [0.15, 0.2) is 0 Å². The van der Waals surface area contributed by atoms with Crippen molar-refractivity contribution in [3.05, 3.63) is 168 Å². The fraction of sp³-hybridized carbons (Fsp3) is 0.250. The van der Waals surface area contributed by atoms with Crippen LogP contribution >= 0.6 is 0 Å². The second kappa shape index (κ2) is 17.3. The van der Waals surface area contributed by atoms with Crippen LogP contribution in [0.25, 0.3) is 77.1 Å². The molecular weight excluding hydrogens is 909 g/mol. The van der Waals surface area contributed by atoms with Crippen molar-refractivity contribution in [3.63, 3.8) is 0 Å². The predicted molar refractivity (Wildman–Crippen MR) is 250 cm³/mol. The molecule has 0 spiro atoms. The summed E-state index contributed by atoms with van der Waals surface area (Å²) in [5, 5.41) is 6.31. The van der Waals surface area contributed by atoms with E-state index in [-0.39, 0.29) is 42.2 Å². The second-order valence-corrected chi connectivity index (χ2v) is 16.5. The van der Waals surface area contributed by atoms with Gasteiger partial charge in [-0.25, -0.2) is 0 Å². The molecule has 9 aromatic rings. The van der Waals surface area contributed by atoms with Gasteiger partial charge >= 0.3 is 0 Å². The van der Waals surface area contributed by atoms with Gasteiger partial charge in [0.25, 0.3) is 0 Å². The van der Waals surface area contributed by atoms with Crippen LogP contribution in [0.15, 0.2) is 132 Å². The van der Waals surface area contributed by atoms with E-state index in [1.54, 1.807) is 42.5 Å². The topological polar surface area (TPSA) is 38.9 Å². The number of nitrogens with zero attached hydrogens (tertiary/aromatic N) is 2. The third kappa shape index (κ3) is 8.60. The van der Waals surface area contributed by atoms with E-state index in [0.717, 1.165) is 56.3 Å². The largest absolute Gasteiger partial charge is 0.501 e. The summed E-state index contributed by atoms with van der Waals surface area (Å²) in [6.07, 6.45) is 3.06. The first kappa shape index (κ1) is 30.6. The monoisotopic (exact) mass is 974 g/mol. The molecule has 9 rings (SSSR count). The van der Waals surface area contributed by atoms with E-state index in [9.17, 15) is 0 Å². The van der Waals surface area contributed by atoms with Gasteiger partial charge in [-0.15, -0.1) is 53.6 Å². The van der Waals surface area contributed by atoms with E-state index in [4.69, 9.17) is 19.5 Å². The molecule has 0 atom stereocenters. The predicted octanol–water partition coefficient (Wildman–Crippen LogP) is 15.6. The molecule has 0 N–H and O–H groups in total. The van der Waals surface area contributed by atoms with Gasteiger partial charge in [0.05, 0.1) is 5.58 Å². The summed E-state index contributed by atoms with van der Waals surface area (Å²) >= 11 is 0. The fourth-order valence-corrected chi connectivity index (χ4v) is 7.70. The Morgan fingerprint density at radius 1 is 0.667 bits per heavy atom. The van der Waals surface area contributed by atoms with Crippen molar-refractivity contribution in [2.45, 2.75) is 86.7 Å². The molecule has 1 radical (unpaired) electrons. The first-order chi connectivity index (χ1) is 32.7. The number of aryl methyl sites for hydroxylation is 3. The van der Waals surface area contributed by atoms with Crippen LogP contribution in [0.5, 0.6) is 0 Å². The molecule has 4 heteroatoms. The van der Waals surface area contributed by atoms with E-state index in [1.165, 1.54) is 18.5 Å². The van der Waals surface area contributed by atoms with Crippen molar-refractivity contribution in [1.29, 1.82) is 0 Å². The van der Waals surface area contributed by atoms with Crippen LogP contribution in [-0.2, 0) is 31.9 Å². The van der Waals surface area contributed by atoms with E-state index < -0.39 is 32.3 Å². The van der Waals surface area contributed by atoms with Gasteiger partial charge in [0, 0.05) is 53.0 Å². The first-order valence-electron chi connectivity index (χ1n) is 25.6. The molecule has 0 unspecified atom stereocenters. The summed E-state index contributed by atoms with van der Waals surface area (Å²) in [4.78, 5) is 8.91. The smallest absolute Gasteiger partial charge is 0.121 e. The maximum Gasteiger partial charge on any atom is 0.121 e. The zero-order valence-corrected chi connectivity index (χ0v) is 37.1. The van der Waals surface area contributed by atoms with E-state index in [0.29, 0.717) is 44.8 Å². The Balaban J connectivity index is 0.000000261. The van der Waals surface area contributed by atoms with Gasteiger partial charge in [-0.2, -0.15) is 0 Å². The fourth-order valence-electron chi connectivity index (χ4n) is 7.70. The summed E-state index contributed by atoms with van der Waals surface area (Å²) in [7, 11) is 0. The summed E-state index contributed by atoms with van der Waals surface area (Å²) in [5.41, 5.74) is 5.33. The number of aromatic nitrogens is 2. The number of furan rings is 1. The minimum atomic E-state index is -2.52.